The van der Waals surface area contributed by atoms with E-state index in [0.29, 0.717) is 23.6 Å². The second-order valence-electron chi connectivity index (χ2n) is 6.26. The van der Waals surface area contributed by atoms with Crippen LogP contribution in [0.3, 0.4) is 0 Å². The summed E-state index contributed by atoms with van der Waals surface area (Å²) in [6, 6.07) is 12.5. The Hall–Kier alpha value is -2.73. The fourth-order valence-corrected chi connectivity index (χ4v) is 3.50. The number of esters is 1. The maximum atomic E-state index is 12.4. The fourth-order valence-electron chi connectivity index (χ4n) is 2.49. The molecule has 2 aromatic carbocycles. The molecule has 0 radical (unpaired) electrons. The average molecular weight is 368 g/mol. The smallest absolute Gasteiger partial charge is 0.337 e. The lowest BCUT2D eigenvalue weighted by atomic mass is 10.1. The third kappa shape index (κ3) is 3.91. The molecule has 0 saturated heterocycles. The van der Waals surface area contributed by atoms with Crippen LogP contribution in [0.15, 0.2) is 42.5 Å². The Kier molecular flexibility index (Phi) is 5.32. The number of fused-ring (bicyclic) bond motifs is 1. The SMILES string of the molecule is COC(=O)c1ccc(CNC(=O)c2ccc3nc(C(C)C)sc3c2)cc1. The molecular formula is C20H20N2O3S. The van der Waals surface area contributed by atoms with E-state index in [0.717, 1.165) is 20.8 Å². The van der Waals surface area contributed by atoms with Gasteiger partial charge in [-0.1, -0.05) is 26.0 Å². The summed E-state index contributed by atoms with van der Waals surface area (Å²) in [5, 5.41) is 3.97. The van der Waals surface area contributed by atoms with Crippen LogP contribution < -0.4 is 5.32 Å². The molecule has 0 bridgehead atoms. The zero-order valence-electron chi connectivity index (χ0n) is 14.9. The molecule has 3 rings (SSSR count). The van der Waals surface area contributed by atoms with Crippen LogP contribution in [0, 0.1) is 0 Å². The highest BCUT2D eigenvalue weighted by Gasteiger charge is 2.11. The van der Waals surface area contributed by atoms with E-state index in [2.05, 4.69) is 28.9 Å². The van der Waals surface area contributed by atoms with E-state index in [4.69, 9.17) is 0 Å². The molecule has 6 heteroatoms. The number of nitrogens with zero attached hydrogens (tertiary/aromatic N) is 1. The molecule has 0 aliphatic rings. The van der Waals surface area contributed by atoms with Crippen molar-refractivity contribution in [2.45, 2.75) is 26.3 Å². The van der Waals surface area contributed by atoms with Gasteiger partial charge in [-0.25, -0.2) is 9.78 Å². The van der Waals surface area contributed by atoms with Crippen molar-refractivity contribution in [3.05, 3.63) is 64.2 Å². The van der Waals surface area contributed by atoms with E-state index < -0.39 is 0 Å². The van der Waals surface area contributed by atoms with Crippen molar-refractivity contribution in [2.24, 2.45) is 0 Å². The van der Waals surface area contributed by atoms with Crippen LogP contribution >= 0.6 is 11.3 Å². The molecule has 5 nitrogen and oxygen atoms in total. The van der Waals surface area contributed by atoms with E-state index >= 15 is 0 Å². The maximum absolute atomic E-state index is 12.4. The van der Waals surface area contributed by atoms with Gasteiger partial charge in [0.25, 0.3) is 5.91 Å². The van der Waals surface area contributed by atoms with Gasteiger partial charge in [0.2, 0.25) is 0 Å². The summed E-state index contributed by atoms with van der Waals surface area (Å²) in [5.41, 5.74) is 2.93. The first-order chi connectivity index (χ1) is 12.5. The number of nitrogens with one attached hydrogen (secondary N) is 1. The zero-order chi connectivity index (χ0) is 18.7. The maximum Gasteiger partial charge on any atom is 0.337 e. The Morgan fingerprint density at radius 2 is 1.81 bits per heavy atom. The second kappa shape index (κ2) is 7.66. The minimum atomic E-state index is -0.376. The van der Waals surface area contributed by atoms with Gasteiger partial charge in [0, 0.05) is 18.0 Å². The normalized spacial score (nSPS) is 10.9. The summed E-state index contributed by atoms with van der Waals surface area (Å²) < 4.78 is 5.69. The largest absolute Gasteiger partial charge is 0.465 e. The monoisotopic (exact) mass is 368 g/mol. The minimum absolute atomic E-state index is 0.136. The average Bonchev–Trinajstić information content (AvgIpc) is 3.09. The van der Waals surface area contributed by atoms with Crippen molar-refractivity contribution in [2.75, 3.05) is 7.11 Å². The van der Waals surface area contributed by atoms with Crippen molar-refractivity contribution in [1.82, 2.24) is 10.3 Å². The molecule has 0 aliphatic carbocycles. The van der Waals surface area contributed by atoms with Crippen LogP contribution in [0.1, 0.15) is 51.1 Å². The highest BCUT2D eigenvalue weighted by Crippen LogP contribution is 2.27. The van der Waals surface area contributed by atoms with Gasteiger partial charge in [-0.05, 0) is 35.9 Å². The number of carbonyl (C=O) groups excluding carboxylic acids is 2. The molecule has 134 valence electrons. The highest BCUT2D eigenvalue weighted by atomic mass is 32.1. The molecule has 1 N–H and O–H groups in total. The summed E-state index contributed by atoms with van der Waals surface area (Å²) in [7, 11) is 1.35. The molecule has 26 heavy (non-hydrogen) atoms. The van der Waals surface area contributed by atoms with E-state index in [-0.39, 0.29) is 11.9 Å². The lowest BCUT2D eigenvalue weighted by Gasteiger charge is -2.06. The molecular weight excluding hydrogens is 348 g/mol. The number of benzene rings is 2. The molecule has 0 spiro atoms. The summed E-state index contributed by atoms with van der Waals surface area (Å²) in [6.07, 6.45) is 0. The Morgan fingerprint density at radius 3 is 2.46 bits per heavy atom. The lowest BCUT2D eigenvalue weighted by Crippen LogP contribution is -2.22. The Labute approximate surface area is 156 Å². The number of amides is 1. The number of methoxy groups -OCH3 is 1. The van der Waals surface area contributed by atoms with Crippen LogP contribution in [-0.2, 0) is 11.3 Å². The number of carbonyl (C=O) groups is 2. The Bertz CT molecular complexity index is 945. The zero-order valence-corrected chi connectivity index (χ0v) is 15.7. The molecule has 0 saturated carbocycles. The number of hydrogen-bond acceptors (Lipinski definition) is 5. The van der Waals surface area contributed by atoms with Crippen molar-refractivity contribution >= 4 is 33.4 Å². The molecule has 0 atom stereocenters. The van der Waals surface area contributed by atoms with Gasteiger partial charge in [0.15, 0.2) is 0 Å². The molecule has 1 heterocycles. The third-order valence-corrected chi connectivity index (χ3v) is 5.31. The van der Waals surface area contributed by atoms with Gasteiger partial charge in [0.1, 0.15) is 0 Å². The second-order valence-corrected chi connectivity index (χ2v) is 7.32. The van der Waals surface area contributed by atoms with Crippen molar-refractivity contribution in [3.8, 4) is 0 Å². The van der Waals surface area contributed by atoms with E-state index in [1.165, 1.54) is 7.11 Å². The first-order valence-corrected chi connectivity index (χ1v) is 9.15. The number of hydrogen-bond donors (Lipinski definition) is 1. The van der Waals surface area contributed by atoms with Gasteiger partial charge < -0.3 is 10.1 Å². The van der Waals surface area contributed by atoms with E-state index in [9.17, 15) is 9.59 Å². The summed E-state index contributed by atoms with van der Waals surface area (Å²) in [4.78, 5) is 28.4. The molecule has 3 aromatic rings. The summed E-state index contributed by atoms with van der Waals surface area (Å²) in [5.74, 6) is -0.139. The van der Waals surface area contributed by atoms with Crippen LogP contribution in [0.2, 0.25) is 0 Å². The molecule has 0 unspecified atom stereocenters. The van der Waals surface area contributed by atoms with Crippen LogP contribution in [-0.4, -0.2) is 24.0 Å². The standard InChI is InChI=1S/C20H20N2O3S/c1-12(2)19-22-16-9-8-15(10-17(16)26-19)18(23)21-11-13-4-6-14(7-5-13)20(24)25-3/h4-10,12H,11H2,1-3H3,(H,21,23). The van der Waals surface area contributed by atoms with Crippen LogP contribution in [0.5, 0.6) is 0 Å². The molecule has 1 amide bonds. The van der Waals surface area contributed by atoms with Gasteiger partial charge in [-0.15, -0.1) is 11.3 Å². The van der Waals surface area contributed by atoms with E-state index in [1.54, 1.807) is 41.7 Å². The quantitative estimate of drug-likeness (QED) is 0.688. The minimum Gasteiger partial charge on any atom is -0.465 e. The number of rotatable bonds is 5. The molecule has 0 fully saturated rings. The van der Waals surface area contributed by atoms with Gasteiger partial charge in [0.05, 0.1) is 27.9 Å². The predicted octanol–water partition coefficient (Wildman–Crippen LogP) is 4.14. The van der Waals surface area contributed by atoms with Crippen molar-refractivity contribution < 1.29 is 14.3 Å². The summed E-state index contributed by atoms with van der Waals surface area (Å²) in [6.45, 7) is 4.60. The van der Waals surface area contributed by atoms with Crippen LogP contribution in [0.4, 0.5) is 0 Å². The predicted molar refractivity (Wildman–Crippen MR) is 103 cm³/mol. The third-order valence-electron chi connectivity index (χ3n) is 3.99. The Morgan fingerprint density at radius 1 is 1.12 bits per heavy atom. The number of thiazole rings is 1. The van der Waals surface area contributed by atoms with Crippen molar-refractivity contribution in [3.63, 3.8) is 0 Å². The summed E-state index contributed by atoms with van der Waals surface area (Å²) >= 11 is 1.62. The first kappa shape index (κ1) is 18.1. The van der Waals surface area contributed by atoms with Gasteiger partial charge in [-0.2, -0.15) is 0 Å². The van der Waals surface area contributed by atoms with E-state index in [1.807, 2.05) is 12.1 Å². The molecule has 0 aliphatic heterocycles. The van der Waals surface area contributed by atoms with Crippen LogP contribution in [0.25, 0.3) is 10.2 Å². The molecule has 1 aromatic heterocycles. The topological polar surface area (TPSA) is 68.3 Å². The number of aromatic nitrogens is 1. The van der Waals surface area contributed by atoms with Gasteiger partial charge in [-0.3, -0.25) is 4.79 Å². The lowest BCUT2D eigenvalue weighted by molar-refractivity contribution is 0.0600. The number of ether oxygens (including phenoxy) is 1. The van der Waals surface area contributed by atoms with Gasteiger partial charge >= 0.3 is 5.97 Å². The van der Waals surface area contributed by atoms with Crippen molar-refractivity contribution in [1.29, 1.82) is 0 Å². The fraction of sp³-hybridized carbons (Fsp3) is 0.250. The highest BCUT2D eigenvalue weighted by molar-refractivity contribution is 7.18. The Balaban J connectivity index is 1.68. The first-order valence-electron chi connectivity index (χ1n) is 8.34.